The summed E-state index contributed by atoms with van der Waals surface area (Å²) in [5.41, 5.74) is -0.633. The molecule has 0 aliphatic carbocycles. The Balaban J connectivity index is 1.71. The second-order valence-electron chi connectivity index (χ2n) is 5.79. The minimum absolute atomic E-state index is 0.369. The number of morpholine rings is 1. The van der Waals surface area contributed by atoms with Gasteiger partial charge in [-0.15, -0.1) is 0 Å². The lowest BCUT2D eigenvalue weighted by molar-refractivity contribution is -0.137. The van der Waals surface area contributed by atoms with E-state index in [1.54, 1.807) is 0 Å². The zero-order chi connectivity index (χ0) is 15.6. The van der Waals surface area contributed by atoms with Crippen molar-refractivity contribution in [1.29, 1.82) is 0 Å². The van der Waals surface area contributed by atoms with Gasteiger partial charge in [0.2, 0.25) is 0 Å². The maximum absolute atomic E-state index is 12.8. The van der Waals surface area contributed by atoms with Crippen molar-refractivity contribution in [1.82, 2.24) is 9.88 Å². The molecular formula is C15H20F3N3O. The number of hydrogen-bond acceptors (Lipinski definition) is 4. The molecule has 22 heavy (non-hydrogen) atoms. The van der Waals surface area contributed by atoms with E-state index in [-0.39, 0.29) is 0 Å². The predicted molar refractivity (Wildman–Crippen MR) is 76.9 cm³/mol. The third-order valence-corrected chi connectivity index (χ3v) is 4.36. The minimum Gasteiger partial charge on any atom is -0.379 e. The largest absolute Gasteiger partial charge is 0.416 e. The Bertz CT molecular complexity index is 503. The Morgan fingerprint density at radius 1 is 1.18 bits per heavy atom. The van der Waals surface area contributed by atoms with E-state index in [0.717, 1.165) is 64.4 Å². The molecular weight excluding hydrogens is 295 g/mol. The molecule has 0 spiro atoms. The van der Waals surface area contributed by atoms with Gasteiger partial charge in [-0.3, -0.25) is 4.90 Å². The van der Waals surface area contributed by atoms with Crippen LogP contribution in [0.4, 0.5) is 19.0 Å². The number of alkyl halides is 3. The van der Waals surface area contributed by atoms with Crippen molar-refractivity contribution in [3.05, 3.63) is 23.9 Å². The number of hydrogen-bond donors (Lipinski definition) is 0. The summed E-state index contributed by atoms with van der Waals surface area (Å²) in [6.07, 6.45) is -1.02. The van der Waals surface area contributed by atoms with Gasteiger partial charge in [-0.05, 0) is 25.0 Å². The number of nitrogens with zero attached hydrogens (tertiary/aromatic N) is 3. The number of ether oxygens (including phenoxy) is 1. The van der Waals surface area contributed by atoms with E-state index < -0.39 is 11.7 Å². The molecule has 0 amide bonds. The zero-order valence-electron chi connectivity index (χ0n) is 12.4. The Labute approximate surface area is 127 Å². The van der Waals surface area contributed by atoms with Gasteiger partial charge >= 0.3 is 6.18 Å². The minimum atomic E-state index is -4.32. The van der Waals surface area contributed by atoms with Gasteiger partial charge in [0.05, 0.1) is 18.8 Å². The molecule has 0 unspecified atom stereocenters. The molecule has 0 aromatic carbocycles. The van der Waals surface area contributed by atoms with Gasteiger partial charge in [0.15, 0.2) is 0 Å². The van der Waals surface area contributed by atoms with Crippen LogP contribution in [0, 0.1) is 0 Å². The summed E-state index contributed by atoms with van der Waals surface area (Å²) in [4.78, 5) is 8.49. The van der Waals surface area contributed by atoms with Gasteiger partial charge in [0.1, 0.15) is 5.82 Å². The highest BCUT2D eigenvalue weighted by molar-refractivity contribution is 5.42. The Morgan fingerprint density at radius 2 is 1.95 bits per heavy atom. The van der Waals surface area contributed by atoms with Gasteiger partial charge in [-0.1, -0.05) is 0 Å². The fraction of sp³-hybridized carbons (Fsp3) is 0.667. The summed E-state index contributed by atoms with van der Waals surface area (Å²) in [7, 11) is 0. The quantitative estimate of drug-likeness (QED) is 0.838. The van der Waals surface area contributed by atoms with E-state index >= 15 is 0 Å². The Morgan fingerprint density at radius 3 is 2.68 bits per heavy atom. The summed E-state index contributed by atoms with van der Waals surface area (Å²) in [5.74, 6) is 0.424. The lowest BCUT2D eigenvalue weighted by Crippen LogP contribution is -2.51. The van der Waals surface area contributed by atoms with E-state index in [0.29, 0.717) is 11.9 Å². The van der Waals surface area contributed by atoms with Gasteiger partial charge in [0.25, 0.3) is 0 Å². The molecule has 0 bridgehead atoms. The van der Waals surface area contributed by atoms with Crippen molar-refractivity contribution in [3.8, 4) is 0 Å². The highest BCUT2D eigenvalue weighted by Gasteiger charge is 2.32. The lowest BCUT2D eigenvalue weighted by Gasteiger charge is -2.41. The first-order valence-corrected chi connectivity index (χ1v) is 7.64. The van der Waals surface area contributed by atoms with Crippen molar-refractivity contribution in [3.63, 3.8) is 0 Å². The van der Waals surface area contributed by atoms with Crippen molar-refractivity contribution in [2.75, 3.05) is 44.3 Å². The maximum atomic E-state index is 12.8. The Kier molecular flexibility index (Phi) is 4.54. The molecule has 2 saturated heterocycles. The molecule has 7 heteroatoms. The summed E-state index contributed by atoms with van der Waals surface area (Å²) >= 11 is 0. The highest BCUT2D eigenvalue weighted by Crippen LogP contribution is 2.31. The van der Waals surface area contributed by atoms with Crippen LogP contribution in [0.25, 0.3) is 0 Å². The molecule has 0 N–H and O–H groups in total. The third kappa shape index (κ3) is 3.52. The monoisotopic (exact) mass is 315 g/mol. The average molecular weight is 315 g/mol. The zero-order valence-corrected chi connectivity index (χ0v) is 12.4. The first kappa shape index (κ1) is 15.6. The van der Waals surface area contributed by atoms with Crippen LogP contribution >= 0.6 is 0 Å². The first-order valence-electron chi connectivity index (χ1n) is 7.64. The fourth-order valence-corrected chi connectivity index (χ4v) is 3.17. The molecule has 1 aromatic heterocycles. The molecule has 1 atom stereocenters. The second-order valence-corrected chi connectivity index (χ2v) is 5.79. The van der Waals surface area contributed by atoms with Crippen molar-refractivity contribution in [2.45, 2.75) is 25.1 Å². The van der Waals surface area contributed by atoms with Crippen LogP contribution in [0.1, 0.15) is 18.4 Å². The number of halogens is 3. The van der Waals surface area contributed by atoms with Crippen LogP contribution < -0.4 is 4.90 Å². The SMILES string of the molecule is FC(F)(F)c1ccnc(N2CCC[C@H](N3CCOCC3)C2)c1. The van der Waals surface area contributed by atoms with Crippen LogP contribution in [0.15, 0.2) is 18.3 Å². The van der Waals surface area contributed by atoms with Crippen LogP contribution in [0.5, 0.6) is 0 Å². The molecule has 1 aromatic rings. The third-order valence-electron chi connectivity index (χ3n) is 4.36. The lowest BCUT2D eigenvalue weighted by atomic mass is 10.0. The average Bonchev–Trinajstić information content (AvgIpc) is 2.55. The summed E-state index contributed by atoms with van der Waals surface area (Å²) in [6, 6.07) is 2.54. The molecule has 2 aliphatic heterocycles. The highest BCUT2D eigenvalue weighted by atomic mass is 19.4. The molecule has 2 fully saturated rings. The van der Waals surface area contributed by atoms with E-state index in [1.165, 1.54) is 6.20 Å². The normalized spacial score (nSPS) is 24.5. The van der Waals surface area contributed by atoms with E-state index in [9.17, 15) is 13.2 Å². The van der Waals surface area contributed by atoms with Crippen LogP contribution in [0.3, 0.4) is 0 Å². The van der Waals surface area contributed by atoms with Crippen LogP contribution in [0.2, 0.25) is 0 Å². The van der Waals surface area contributed by atoms with E-state index in [2.05, 4.69) is 9.88 Å². The number of aromatic nitrogens is 1. The predicted octanol–water partition coefficient (Wildman–Crippen LogP) is 2.40. The van der Waals surface area contributed by atoms with Gasteiger partial charge < -0.3 is 9.64 Å². The standard InChI is InChI=1S/C15H20F3N3O/c16-15(17,18)12-3-4-19-14(10-12)21-5-1-2-13(11-21)20-6-8-22-9-7-20/h3-4,10,13H,1-2,5-9,11H2/t13-/m0/s1. The molecule has 0 radical (unpaired) electrons. The van der Waals surface area contributed by atoms with Gasteiger partial charge in [-0.25, -0.2) is 4.98 Å². The van der Waals surface area contributed by atoms with Crippen molar-refractivity contribution < 1.29 is 17.9 Å². The number of anilines is 1. The summed E-state index contributed by atoms with van der Waals surface area (Å²) in [6.45, 7) is 4.75. The summed E-state index contributed by atoms with van der Waals surface area (Å²) < 4.78 is 43.9. The fourth-order valence-electron chi connectivity index (χ4n) is 3.17. The molecule has 0 saturated carbocycles. The van der Waals surface area contributed by atoms with Crippen LogP contribution in [-0.2, 0) is 10.9 Å². The maximum Gasteiger partial charge on any atom is 0.416 e. The summed E-state index contributed by atoms with van der Waals surface area (Å²) in [5, 5.41) is 0. The van der Waals surface area contributed by atoms with Gasteiger partial charge in [0, 0.05) is 38.4 Å². The van der Waals surface area contributed by atoms with Crippen LogP contribution in [-0.4, -0.2) is 55.3 Å². The number of pyridine rings is 1. The van der Waals surface area contributed by atoms with E-state index in [1.807, 2.05) is 4.90 Å². The number of rotatable bonds is 2. The molecule has 3 heterocycles. The van der Waals surface area contributed by atoms with E-state index in [4.69, 9.17) is 4.74 Å². The topological polar surface area (TPSA) is 28.6 Å². The Hall–Kier alpha value is -1.34. The van der Waals surface area contributed by atoms with Crippen molar-refractivity contribution >= 4 is 5.82 Å². The molecule has 4 nitrogen and oxygen atoms in total. The second kappa shape index (κ2) is 6.42. The molecule has 2 aliphatic rings. The molecule has 3 rings (SSSR count). The van der Waals surface area contributed by atoms with Gasteiger partial charge in [-0.2, -0.15) is 13.2 Å². The van der Waals surface area contributed by atoms with Crippen molar-refractivity contribution in [2.24, 2.45) is 0 Å². The first-order chi connectivity index (χ1) is 10.5. The number of piperidine rings is 1. The smallest absolute Gasteiger partial charge is 0.379 e. The molecule has 122 valence electrons.